The summed E-state index contributed by atoms with van der Waals surface area (Å²) in [5, 5.41) is -0.279. The molecule has 0 saturated carbocycles. The number of aromatic nitrogens is 4. The van der Waals surface area contributed by atoms with E-state index in [0.29, 0.717) is 44.9 Å². The lowest BCUT2D eigenvalue weighted by Gasteiger charge is -2.13. The number of hydrogen-bond donors (Lipinski definition) is 0. The summed E-state index contributed by atoms with van der Waals surface area (Å²) in [6.45, 7) is -0.671. The molecule has 12 rings (SSSR count). The minimum atomic E-state index is -0.718. The summed E-state index contributed by atoms with van der Waals surface area (Å²) >= 11 is 0. The fourth-order valence-electron chi connectivity index (χ4n) is 7.91. The topological polar surface area (TPSA) is 56.7 Å². The van der Waals surface area contributed by atoms with Gasteiger partial charge < -0.3 is 8.98 Å². The van der Waals surface area contributed by atoms with Crippen molar-refractivity contribution in [1.82, 2.24) is 19.5 Å². The van der Waals surface area contributed by atoms with Crippen LogP contribution in [-0.2, 0) is 6.54 Å². The molecule has 0 unspecified atom stereocenters. The largest absolute Gasteiger partial charge is 0.456 e. The molecule has 5 heteroatoms. The van der Waals surface area contributed by atoms with Gasteiger partial charge in [-0.2, -0.15) is 0 Å². The summed E-state index contributed by atoms with van der Waals surface area (Å²) in [7, 11) is 0. The fourth-order valence-corrected chi connectivity index (χ4v) is 7.91. The van der Waals surface area contributed by atoms with Crippen LogP contribution in [0.15, 0.2) is 198 Å². The molecular weight excluding hydrogens is 721 g/mol. The zero-order valence-corrected chi connectivity index (χ0v) is 30.6. The Morgan fingerprint density at radius 1 is 0.441 bits per heavy atom. The Morgan fingerprint density at radius 3 is 1.73 bits per heavy atom. The molecule has 59 heavy (non-hydrogen) atoms. The molecule has 0 aliphatic carbocycles. The molecule has 0 amide bonds. The highest BCUT2D eigenvalue weighted by Gasteiger charge is 2.21. The van der Waals surface area contributed by atoms with E-state index in [4.69, 9.17) is 30.3 Å². The smallest absolute Gasteiger partial charge is 0.164 e. The van der Waals surface area contributed by atoms with Crippen molar-refractivity contribution in [3.05, 3.63) is 199 Å². The molecule has 0 radical (unpaired) electrons. The number of nitrogens with zero attached hydrogens (tertiary/aromatic N) is 4. The predicted octanol–water partition coefficient (Wildman–Crippen LogP) is 13.9. The normalized spacial score (nSPS) is 15.6. The van der Waals surface area contributed by atoms with E-state index in [1.54, 1.807) is 18.2 Å². The van der Waals surface area contributed by atoms with E-state index in [9.17, 15) is 11.0 Å². The minimum Gasteiger partial charge on any atom is -0.456 e. The average molecular weight is 771 g/mol. The van der Waals surface area contributed by atoms with E-state index in [1.807, 2.05) is 78.9 Å². The van der Waals surface area contributed by atoms with Crippen molar-refractivity contribution < 1.29 is 26.3 Å². The maximum absolute atomic E-state index is 9.66. The van der Waals surface area contributed by atoms with E-state index < -0.39 is 103 Å². The van der Waals surface area contributed by atoms with Crippen LogP contribution in [0, 0.1) is 0 Å². The van der Waals surface area contributed by atoms with Gasteiger partial charge in [0, 0.05) is 55.7 Å². The van der Waals surface area contributed by atoms with Crippen molar-refractivity contribution in [3.8, 4) is 45.3 Å². The van der Waals surface area contributed by atoms with Crippen molar-refractivity contribution in [3.63, 3.8) is 0 Å². The number of hydrogen-bond acceptors (Lipinski definition) is 4. The van der Waals surface area contributed by atoms with Crippen molar-refractivity contribution >= 4 is 65.3 Å². The summed E-state index contributed by atoms with van der Waals surface area (Å²) in [5.41, 5.74) is 2.04. The number of rotatable bonds is 6. The maximum Gasteiger partial charge on any atom is 0.164 e. The van der Waals surface area contributed by atoms with Crippen molar-refractivity contribution in [2.45, 2.75) is 6.54 Å². The molecule has 9 aromatic carbocycles. The first-order chi connectivity index (χ1) is 35.9. The van der Waals surface area contributed by atoms with Crippen LogP contribution >= 0.6 is 0 Å². The second-order valence-electron chi connectivity index (χ2n) is 13.9. The SMILES string of the molecule is [2H]c1c([2H])c(-c2cc(-c3nc(-c4ccccc4)nc(-c4ccccc4)n3)c3c(c2)oc2ccccc23)c([2H])c([2H])c1Cn1c2c([2H])c([2H])c([2H])c([2H])c2c2c3c([2H])c([2H])c([2H])c([2H])c3c3c([2H])c([2H])c([2H])c([2H])c3c21. The molecule has 0 bridgehead atoms. The van der Waals surface area contributed by atoms with Crippen LogP contribution in [-0.4, -0.2) is 19.5 Å². The monoisotopic (exact) mass is 770 g/mol. The van der Waals surface area contributed by atoms with E-state index >= 15 is 0 Å². The van der Waals surface area contributed by atoms with E-state index in [2.05, 4.69) is 0 Å². The summed E-state index contributed by atoms with van der Waals surface area (Å²) in [5.74, 6) is 0.962. The van der Waals surface area contributed by atoms with Gasteiger partial charge in [0.05, 0.1) is 27.4 Å². The van der Waals surface area contributed by atoms with Crippen molar-refractivity contribution in [2.24, 2.45) is 0 Å². The van der Waals surface area contributed by atoms with Gasteiger partial charge in [0.15, 0.2) is 17.5 Å². The third-order valence-corrected chi connectivity index (χ3v) is 10.5. The summed E-state index contributed by atoms with van der Waals surface area (Å²) in [6, 6.07) is 19.1. The molecule has 0 aliphatic heterocycles. The summed E-state index contributed by atoms with van der Waals surface area (Å²) in [6.07, 6.45) is 0. The maximum atomic E-state index is 9.66. The Kier molecular flexibility index (Phi) is 4.76. The van der Waals surface area contributed by atoms with Gasteiger partial charge in [-0.15, -0.1) is 0 Å². The number of furan rings is 1. The quantitative estimate of drug-likeness (QED) is 0.158. The molecule has 0 spiro atoms. The first-order valence-corrected chi connectivity index (χ1v) is 18.7. The van der Waals surface area contributed by atoms with Gasteiger partial charge in [0.25, 0.3) is 0 Å². The van der Waals surface area contributed by atoms with Crippen LogP contribution in [0.4, 0.5) is 0 Å². The Morgan fingerprint density at radius 2 is 1.02 bits per heavy atom. The zero-order chi connectivity index (χ0) is 52.8. The van der Waals surface area contributed by atoms with E-state index in [-0.39, 0.29) is 65.9 Å². The minimum absolute atomic E-state index is 0.135. The van der Waals surface area contributed by atoms with Gasteiger partial charge in [-0.05, 0) is 57.1 Å². The fraction of sp³-hybridized carbons (Fsp3) is 0.0185. The highest BCUT2D eigenvalue weighted by atomic mass is 16.3. The van der Waals surface area contributed by atoms with Crippen molar-refractivity contribution in [1.29, 1.82) is 0 Å². The first-order valence-electron chi connectivity index (χ1n) is 26.7. The molecular formula is C54H34N4O. The van der Waals surface area contributed by atoms with Gasteiger partial charge in [0.1, 0.15) is 11.2 Å². The summed E-state index contributed by atoms with van der Waals surface area (Å²) in [4.78, 5) is 14.8. The first kappa shape index (κ1) is 21.0. The lowest BCUT2D eigenvalue weighted by Crippen LogP contribution is -2.01. The van der Waals surface area contributed by atoms with E-state index in [1.165, 1.54) is 4.57 Å². The molecule has 276 valence electrons. The third kappa shape index (κ3) is 5.43. The Labute approximate surface area is 362 Å². The molecule has 0 fully saturated rings. The lowest BCUT2D eigenvalue weighted by atomic mass is 9.96. The van der Waals surface area contributed by atoms with Crippen LogP contribution in [0.2, 0.25) is 0 Å². The number of fused-ring (bicyclic) bond motifs is 11. The number of para-hydroxylation sites is 2. The molecule has 12 aromatic rings. The van der Waals surface area contributed by atoms with Gasteiger partial charge in [-0.1, -0.05) is 169 Å². The average Bonchev–Trinajstić information content (AvgIpc) is 4.00. The zero-order valence-electron chi connectivity index (χ0n) is 46.6. The Bertz CT molecular complexity index is 4440. The lowest BCUT2D eigenvalue weighted by molar-refractivity contribution is 0.669. The Hall–Kier alpha value is -7.89. The van der Waals surface area contributed by atoms with Crippen LogP contribution in [0.3, 0.4) is 0 Å². The molecule has 3 aromatic heterocycles. The Balaban J connectivity index is 1.15. The van der Waals surface area contributed by atoms with E-state index in [0.717, 1.165) is 5.39 Å². The van der Waals surface area contributed by atoms with Crippen LogP contribution < -0.4 is 0 Å². The van der Waals surface area contributed by atoms with Crippen LogP contribution in [0.1, 0.15) is 27.5 Å². The van der Waals surface area contributed by atoms with Crippen molar-refractivity contribution in [2.75, 3.05) is 0 Å². The third-order valence-electron chi connectivity index (χ3n) is 10.5. The van der Waals surface area contributed by atoms with Gasteiger partial charge in [-0.25, -0.2) is 15.0 Å². The molecule has 0 aliphatic rings. The highest BCUT2D eigenvalue weighted by molar-refractivity contribution is 6.31. The summed E-state index contributed by atoms with van der Waals surface area (Å²) < 4.78 is 154. The molecule has 3 heterocycles. The molecule has 0 saturated heterocycles. The van der Waals surface area contributed by atoms with Gasteiger partial charge >= 0.3 is 0 Å². The predicted molar refractivity (Wildman–Crippen MR) is 242 cm³/mol. The van der Waals surface area contributed by atoms with Gasteiger partial charge in [-0.3, -0.25) is 0 Å². The number of benzene rings is 9. The van der Waals surface area contributed by atoms with Crippen LogP contribution in [0.25, 0.3) is 111 Å². The van der Waals surface area contributed by atoms with Crippen LogP contribution in [0.5, 0.6) is 0 Å². The van der Waals surface area contributed by atoms with Gasteiger partial charge in [0.2, 0.25) is 0 Å². The molecule has 5 nitrogen and oxygen atoms in total. The standard InChI is InChI=1S/C54H34N4O/c1-3-15-36(16-4-1)52-55-53(37-17-5-2-6-18-37)57-54(56-52)45-31-38(32-48-49(45)44-24-12-14-26-47(44)59-48)35-29-27-34(28-30-35)33-58-46-25-13-11-23-43(46)50-41-21-9-7-19-39(41)40-20-8-10-22-42(40)51(50)58/h1-32H,33H2/i7D,8D,9D,10D,11D,13D,19D,20D,21D,22D,23D,25D,27D,28D,29D,30D. The molecule has 0 atom stereocenters. The second-order valence-corrected chi connectivity index (χ2v) is 13.9. The molecule has 0 N–H and O–H groups in total. The second kappa shape index (κ2) is 13.4. The highest BCUT2D eigenvalue weighted by Crippen LogP contribution is 2.42.